The van der Waals surface area contributed by atoms with Crippen LogP contribution in [0.1, 0.15) is 11.1 Å². The first-order valence-corrected chi connectivity index (χ1v) is 5.73. The second kappa shape index (κ2) is 4.98. The van der Waals surface area contributed by atoms with Gasteiger partial charge in [0.25, 0.3) is 0 Å². The normalized spacial score (nSPS) is 12.5. The fraction of sp³-hybridized carbons (Fsp3) is 0.143. The molecule has 0 aliphatic heterocycles. The van der Waals surface area contributed by atoms with E-state index in [-0.39, 0.29) is 16.8 Å². The van der Waals surface area contributed by atoms with Gasteiger partial charge in [0.15, 0.2) is 0 Å². The molecule has 0 aromatic heterocycles. The molecular formula is C14H9F6N. The van der Waals surface area contributed by atoms with Crippen molar-refractivity contribution < 1.29 is 26.3 Å². The molecule has 0 radical (unpaired) electrons. The second-order valence-electron chi connectivity index (χ2n) is 4.37. The first kappa shape index (κ1) is 15.2. The molecule has 0 saturated carbocycles. The molecule has 2 aromatic rings. The average Bonchev–Trinajstić information content (AvgIpc) is 2.37. The predicted molar refractivity (Wildman–Crippen MR) is 66.3 cm³/mol. The molecule has 0 bridgehead atoms. The topological polar surface area (TPSA) is 26.0 Å². The average molecular weight is 305 g/mol. The maximum Gasteiger partial charge on any atom is 0.416 e. The molecule has 0 aliphatic rings. The SMILES string of the molecule is Nc1ccc(C(F)(F)F)cc1-c1ccc(C(F)(F)F)cc1. The maximum absolute atomic E-state index is 12.6. The Labute approximate surface area is 116 Å². The zero-order chi connectivity index (χ0) is 15.8. The van der Waals surface area contributed by atoms with E-state index in [2.05, 4.69) is 0 Å². The highest BCUT2D eigenvalue weighted by atomic mass is 19.4. The Bertz CT molecular complexity index is 640. The lowest BCUT2D eigenvalue weighted by molar-refractivity contribution is -0.138. The molecule has 0 amide bonds. The lowest BCUT2D eigenvalue weighted by Crippen LogP contribution is -2.06. The fourth-order valence-corrected chi connectivity index (χ4v) is 1.82. The van der Waals surface area contributed by atoms with Crippen LogP contribution in [0.25, 0.3) is 11.1 Å². The smallest absolute Gasteiger partial charge is 0.398 e. The monoisotopic (exact) mass is 305 g/mol. The molecule has 0 fully saturated rings. The van der Waals surface area contributed by atoms with Crippen molar-refractivity contribution in [3.8, 4) is 11.1 Å². The Kier molecular flexibility index (Phi) is 3.61. The fourth-order valence-electron chi connectivity index (χ4n) is 1.82. The van der Waals surface area contributed by atoms with Crippen molar-refractivity contribution in [2.24, 2.45) is 0 Å². The van der Waals surface area contributed by atoms with E-state index in [1.54, 1.807) is 0 Å². The quantitative estimate of drug-likeness (QED) is 0.584. The van der Waals surface area contributed by atoms with E-state index in [1.165, 1.54) is 0 Å². The molecule has 112 valence electrons. The van der Waals surface area contributed by atoms with E-state index in [1.807, 2.05) is 0 Å². The summed E-state index contributed by atoms with van der Waals surface area (Å²) in [6, 6.07) is 6.50. The van der Waals surface area contributed by atoms with Crippen LogP contribution in [0.4, 0.5) is 32.0 Å². The molecular weight excluding hydrogens is 296 g/mol. The van der Waals surface area contributed by atoms with Gasteiger partial charge in [0.2, 0.25) is 0 Å². The van der Waals surface area contributed by atoms with E-state index in [0.717, 1.165) is 42.5 Å². The van der Waals surface area contributed by atoms with Crippen LogP contribution in [0.15, 0.2) is 42.5 Å². The minimum absolute atomic E-state index is 0.0403. The minimum atomic E-state index is -4.55. The second-order valence-corrected chi connectivity index (χ2v) is 4.37. The number of anilines is 1. The Morgan fingerprint density at radius 2 is 1.14 bits per heavy atom. The van der Waals surface area contributed by atoms with E-state index in [4.69, 9.17) is 5.73 Å². The summed E-state index contributed by atoms with van der Waals surface area (Å²) < 4.78 is 75.3. The number of alkyl halides is 6. The zero-order valence-corrected chi connectivity index (χ0v) is 10.4. The number of nitrogens with two attached hydrogens (primary N) is 1. The molecule has 21 heavy (non-hydrogen) atoms. The van der Waals surface area contributed by atoms with E-state index in [9.17, 15) is 26.3 Å². The predicted octanol–water partition coefficient (Wildman–Crippen LogP) is 4.97. The van der Waals surface area contributed by atoms with Crippen LogP contribution in [0.3, 0.4) is 0 Å². The van der Waals surface area contributed by atoms with Gasteiger partial charge in [-0.15, -0.1) is 0 Å². The van der Waals surface area contributed by atoms with E-state index < -0.39 is 23.5 Å². The van der Waals surface area contributed by atoms with Crippen LogP contribution in [0.2, 0.25) is 0 Å². The molecule has 0 unspecified atom stereocenters. The summed E-state index contributed by atoms with van der Waals surface area (Å²) in [5, 5.41) is 0. The molecule has 7 heteroatoms. The van der Waals surface area contributed by atoms with E-state index in [0.29, 0.717) is 0 Å². The molecule has 2 aromatic carbocycles. The van der Waals surface area contributed by atoms with Gasteiger partial charge in [0.05, 0.1) is 11.1 Å². The van der Waals surface area contributed by atoms with Crippen LogP contribution in [0, 0.1) is 0 Å². The molecule has 1 nitrogen and oxygen atoms in total. The van der Waals surface area contributed by atoms with Crippen molar-refractivity contribution in [1.82, 2.24) is 0 Å². The number of hydrogen-bond acceptors (Lipinski definition) is 1. The molecule has 0 spiro atoms. The number of benzene rings is 2. The Morgan fingerprint density at radius 1 is 0.667 bits per heavy atom. The summed E-state index contributed by atoms with van der Waals surface area (Å²) in [4.78, 5) is 0. The Morgan fingerprint density at radius 3 is 1.62 bits per heavy atom. The highest BCUT2D eigenvalue weighted by Gasteiger charge is 2.32. The van der Waals surface area contributed by atoms with Crippen LogP contribution in [-0.2, 0) is 12.4 Å². The first-order valence-electron chi connectivity index (χ1n) is 5.73. The van der Waals surface area contributed by atoms with Crippen LogP contribution >= 0.6 is 0 Å². The summed E-state index contributed by atoms with van der Waals surface area (Å²) in [5.74, 6) is 0. The summed E-state index contributed by atoms with van der Waals surface area (Å²) in [7, 11) is 0. The minimum Gasteiger partial charge on any atom is -0.398 e. The van der Waals surface area contributed by atoms with Gasteiger partial charge < -0.3 is 5.73 Å². The standard InChI is InChI=1S/C14H9F6N/c15-13(16,17)9-3-1-8(2-4-9)11-7-10(14(18,19)20)5-6-12(11)21/h1-7H,21H2. The highest BCUT2D eigenvalue weighted by molar-refractivity contribution is 5.77. The van der Waals surface area contributed by atoms with Gasteiger partial charge in [-0.2, -0.15) is 26.3 Å². The molecule has 0 aliphatic carbocycles. The number of rotatable bonds is 1. The van der Waals surface area contributed by atoms with Gasteiger partial charge in [0, 0.05) is 11.3 Å². The van der Waals surface area contributed by atoms with Crippen molar-refractivity contribution in [3.63, 3.8) is 0 Å². The highest BCUT2D eigenvalue weighted by Crippen LogP contribution is 2.36. The number of hydrogen-bond donors (Lipinski definition) is 1. The summed E-state index contributed by atoms with van der Waals surface area (Å²) in [5.41, 5.74) is 4.10. The lowest BCUT2D eigenvalue weighted by atomic mass is 9.99. The summed E-state index contributed by atoms with van der Waals surface area (Å²) in [6.07, 6.45) is -9.05. The van der Waals surface area contributed by atoms with Gasteiger partial charge in [0.1, 0.15) is 0 Å². The van der Waals surface area contributed by atoms with Gasteiger partial charge in [-0.05, 0) is 35.9 Å². The zero-order valence-electron chi connectivity index (χ0n) is 10.4. The van der Waals surface area contributed by atoms with E-state index >= 15 is 0 Å². The van der Waals surface area contributed by atoms with Crippen LogP contribution in [-0.4, -0.2) is 0 Å². The Balaban J connectivity index is 2.47. The van der Waals surface area contributed by atoms with Gasteiger partial charge in [-0.25, -0.2) is 0 Å². The Hall–Kier alpha value is -2.18. The van der Waals surface area contributed by atoms with Gasteiger partial charge >= 0.3 is 12.4 Å². The third-order valence-corrected chi connectivity index (χ3v) is 2.90. The third-order valence-electron chi connectivity index (χ3n) is 2.90. The third kappa shape index (κ3) is 3.29. The van der Waals surface area contributed by atoms with Gasteiger partial charge in [-0.1, -0.05) is 12.1 Å². The number of nitrogen functional groups attached to an aromatic ring is 1. The van der Waals surface area contributed by atoms with Crippen LogP contribution in [0.5, 0.6) is 0 Å². The van der Waals surface area contributed by atoms with Crippen molar-refractivity contribution in [2.45, 2.75) is 12.4 Å². The number of halogens is 6. The van der Waals surface area contributed by atoms with Gasteiger partial charge in [-0.3, -0.25) is 0 Å². The van der Waals surface area contributed by atoms with Crippen LogP contribution < -0.4 is 5.73 Å². The molecule has 2 N–H and O–H groups in total. The molecule has 0 saturated heterocycles. The largest absolute Gasteiger partial charge is 0.416 e. The maximum atomic E-state index is 12.6. The lowest BCUT2D eigenvalue weighted by Gasteiger charge is -2.12. The van der Waals surface area contributed by atoms with Crippen molar-refractivity contribution in [3.05, 3.63) is 53.6 Å². The molecule has 2 rings (SSSR count). The van der Waals surface area contributed by atoms with Crippen molar-refractivity contribution in [1.29, 1.82) is 0 Å². The first-order chi connectivity index (χ1) is 9.59. The summed E-state index contributed by atoms with van der Waals surface area (Å²) in [6.45, 7) is 0. The van der Waals surface area contributed by atoms with Crippen molar-refractivity contribution in [2.75, 3.05) is 5.73 Å². The summed E-state index contributed by atoms with van der Waals surface area (Å²) >= 11 is 0. The van der Waals surface area contributed by atoms with Crippen molar-refractivity contribution >= 4 is 5.69 Å². The molecule has 0 atom stereocenters. The molecule has 0 heterocycles.